The number of benzene rings is 2. The summed E-state index contributed by atoms with van der Waals surface area (Å²) in [6.07, 6.45) is 0. The van der Waals surface area contributed by atoms with E-state index in [-0.39, 0.29) is 0 Å². The Hall–Kier alpha value is -0.380. The van der Waals surface area contributed by atoms with Crippen molar-refractivity contribution in [1.29, 1.82) is 0 Å². The van der Waals surface area contributed by atoms with Gasteiger partial charge in [-0.1, -0.05) is 52.6 Å². The summed E-state index contributed by atoms with van der Waals surface area (Å²) in [5, 5.41) is 1.98. The zero-order valence-corrected chi connectivity index (χ0v) is 12.4. The maximum atomic E-state index is 6.14. The molecule has 0 fully saturated rings. The van der Waals surface area contributed by atoms with Crippen molar-refractivity contribution in [2.45, 2.75) is 16.3 Å². The van der Waals surface area contributed by atoms with Crippen LogP contribution in [0.4, 0.5) is 0 Å². The highest BCUT2D eigenvalue weighted by atomic mass is 35.5. The molecule has 2 rings (SSSR count). The van der Waals surface area contributed by atoms with Crippen molar-refractivity contribution >= 4 is 46.6 Å². The topological polar surface area (TPSA) is 26.0 Å². The van der Waals surface area contributed by atoms with Crippen LogP contribution in [0.25, 0.3) is 0 Å². The fourth-order valence-corrected chi connectivity index (χ4v) is 3.23. The highest BCUT2D eigenvalue weighted by Crippen LogP contribution is 2.37. The van der Waals surface area contributed by atoms with E-state index in [2.05, 4.69) is 0 Å². The van der Waals surface area contributed by atoms with E-state index in [4.69, 9.17) is 40.5 Å². The second-order valence-electron chi connectivity index (χ2n) is 3.63. The average molecular weight is 319 g/mol. The van der Waals surface area contributed by atoms with Gasteiger partial charge < -0.3 is 5.73 Å². The van der Waals surface area contributed by atoms with E-state index in [1.165, 1.54) is 11.8 Å². The normalized spacial score (nSPS) is 10.7. The molecule has 94 valence electrons. The Morgan fingerprint density at radius 2 is 1.50 bits per heavy atom. The highest BCUT2D eigenvalue weighted by molar-refractivity contribution is 7.99. The first-order valence-electron chi connectivity index (χ1n) is 5.21. The molecular formula is C13H10Cl3NS. The maximum Gasteiger partial charge on any atom is 0.0546 e. The zero-order valence-electron chi connectivity index (χ0n) is 9.29. The molecule has 0 atom stereocenters. The summed E-state index contributed by atoms with van der Waals surface area (Å²) >= 11 is 19.6. The lowest BCUT2D eigenvalue weighted by molar-refractivity contribution is 1.03. The third kappa shape index (κ3) is 3.34. The van der Waals surface area contributed by atoms with Crippen LogP contribution in [-0.2, 0) is 6.54 Å². The van der Waals surface area contributed by atoms with Gasteiger partial charge in [-0.3, -0.25) is 0 Å². The van der Waals surface area contributed by atoms with E-state index in [1.807, 2.05) is 24.3 Å². The fourth-order valence-electron chi connectivity index (χ4n) is 1.47. The maximum absolute atomic E-state index is 6.14. The molecule has 0 bridgehead atoms. The standard InChI is InChI=1S/C13H10Cl3NS/c14-9-2-1-8(7-17)12(5-9)18-13-6-10(15)3-4-11(13)16/h1-6H,7,17H2. The van der Waals surface area contributed by atoms with Crippen molar-refractivity contribution in [3.63, 3.8) is 0 Å². The van der Waals surface area contributed by atoms with Crippen LogP contribution >= 0.6 is 46.6 Å². The van der Waals surface area contributed by atoms with Crippen molar-refractivity contribution in [2.24, 2.45) is 5.73 Å². The van der Waals surface area contributed by atoms with Crippen molar-refractivity contribution in [1.82, 2.24) is 0 Å². The first-order chi connectivity index (χ1) is 8.60. The molecule has 0 spiro atoms. The van der Waals surface area contributed by atoms with E-state index in [1.54, 1.807) is 12.1 Å². The number of hydrogen-bond donors (Lipinski definition) is 1. The third-order valence-electron chi connectivity index (χ3n) is 2.36. The molecular weight excluding hydrogens is 309 g/mol. The molecule has 0 unspecified atom stereocenters. The molecule has 0 heterocycles. The van der Waals surface area contributed by atoms with Crippen LogP contribution in [0, 0.1) is 0 Å². The molecule has 0 amide bonds. The molecule has 2 N–H and O–H groups in total. The van der Waals surface area contributed by atoms with Gasteiger partial charge in [0, 0.05) is 26.4 Å². The summed E-state index contributed by atoms with van der Waals surface area (Å²) in [5.41, 5.74) is 6.74. The van der Waals surface area contributed by atoms with Gasteiger partial charge in [-0.05, 0) is 35.9 Å². The smallest absolute Gasteiger partial charge is 0.0546 e. The van der Waals surface area contributed by atoms with E-state index in [0.717, 1.165) is 15.4 Å². The van der Waals surface area contributed by atoms with Crippen LogP contribution in [0.15, 0.2) is 46.2 Å². The van der Waals surface area contributed by atoms with Gasteiger partial charge in [0.2, 0.25) is 0 Å². The zero-order chi connectivity index (χ0) is 13.1. The van der Waals surface area contributed by atoms with E-state index in [9.17, 15) is 0 Å². The predicted octanol–water partition coefficient (Wildman–Crippen LogP) is 5.26. The van der Waals surface area contributed by atoms with Crippen LogP contribution < -0.4 is 5.73 Å². The number of nitrogens with two attached hydrogens (primary N) is 1. The lowest BCUT2D eigenvalue weighted by Crippen LogP contribution is -1.98. The summed E-state index contributed by atoms with van der Waals surface area (Å²) in [7, 11) is 0. The second kappa shape index (κ2) is 6.18. The van der Waals surface area contributed by atoms with Crippen LogP contribution in [0.1, 0.15) is 5.56 Å². The van der Waals surface area contributed by atoms with Gasteiger partial charge in [0.15, 0.2) is 0 Å². The molecule has 0 aromatic heterocycles. The lowest BCUT2D eigenvalue weighted by Gasteiger charge is -2.09. The molecule has 0 radical (unpaired) electrons. The molecule has 0 aliphatic rings. The molecule has 0 aliphatic heterocycles. The fraction of sp³-hybridized carbons (Fsp3) is 0.0769. The van der Waals surface area contributed by atoms with Gasteiger partial charge >= 0.3 is 0 Å². The van der Waals surface area contributed by atoms with E-state index in [0.29, 0.717) is 21.6 Å². The minimum atomic E-state index is 0.456. The first-order valence-corrected chi connectivity index (χ1v) is 7.16. The van der Waals surface area contributed by atoms with Crippen molar-refractivity contribution in [3.05, 3.63) is 57.0 Å². The number of hydrogen-bond acceptors (Lipinski definition) is 2. The van der Waals surface area contributed by atoms with Crippen LogP contribution in [-0.4, -0.2) is 0 Å². The van der Waals surface area contributed by atoms with Gasteiger partial charge in [-0.2, -0.15) is 0 Å². The highest BCUT2D eigenvalue weighted by Gasteiger charge is 2.08. The quantitative estimate of drug-likeness (QED) is 0.835. The molecule has 1 nitrogen and oxygen atoms in total. The van der Waals surface area contributed by atoms with Crippen LogP contribution in [0.2, 0.25) is 15.1 Å². The summed E-state index contributed by atoms with van der Waals surface area (Å²) in [4.78, 5) is 1.88. The Bertz CT molecular complexity index is 572. The molecule has 0 saturated carbocycles. The number of halogens is 3. The SMILES string of the molecule is NCc1ccc(Cl)cc1Sc1cc(Cl)ccc1Cl. The average Bonchev–Trinajstić information content (AvgIpc) is 2.34. The van der Waals surface area contributed by atoms with Gasteiger partial charge in [0.05, 0.1) is 5.02 Å². The van der Waals surface area contributed by atoms with Gasteiger partial charge in [0.1, 0.15) is 0 Å². The minimum absolute atomic E-state index is 0.456. The minimum Gasteiger partial charge on any atom is -0.326 e. The Morgan fingerprint density at radius 3 is 2.17 bits per heavy atom. The Morgan fingerprint density at radius 1 is 0.889 bits per heavy atom. The van der Waals surface area contributed by atoms with Crippen molar-refractivity contribution < 1.29 is 0 Å². The molecule has 0 saturated heterocycles. The molecule has 2 aromatic carbocycles. The largest absolute Gasteiger partial charge is 0.326 e. The van der Waals surface area contributed by atoms with Crippen molar-refractivity contribution in [2.75, 3.05) is 0 Å². The van der Waals surface area contributed by atoms with E-state index >= 15 is 0 Å². The Balaban J connectivity index is 2.38. The van der Waals surface area contributed by atoms with Gasteiger partial charge in [-0.25, -0.2) is 0 Å². The number of rotatable bonds is 3. The summed E-state index contributed by atoms with van der Waals surface area (Å²) in [6.45, 7) is 0.456. The molecule has 2 aromatic rings. The van der Waals surface area contributed by atoms with Crippen LogP contribution in [0.5, 0.6) is 0 Å². The summed E-state index contributed by atoms with van der Waals surface area (Å²) in [5.74, 6) is 0. The van der Waals surface area contributed by atoms with Crippen LogP contribution in [0.3, 0.4) is 0 Å². The van der Waals surface area contributed by atoms with Gasteiger partial charge in [-0.15, -0.1) is 0 Å². The molecule has 0 aliphatic carbocycles. The predicted molar refractivity (Wildman–Crippen MR) is 79.9 cm³/mol. The Kier molecular flexibility index (Phi) is 4.82. The van der Waals surface area contributed by atoms with Crippen molar-refractivity contribution in [3.8, 4) is 0 Å². The monoisotopic (exact) mass is 317 g/mol. The van der Waals surface area contributed by atoms with E-state index < -0.39 is 0 Å². The van der Waals surface area contributed by atoms with Gasteiger partial charge in [0.25, 0.3) is 0 Å². The molecule has 18 heavy (non-hydrogen) atoms. The lowest BCUT2D eigenvalue weighted by atomic mass is 10.2. The summed E-state index contributed by atoms with van der Waals surface area (Å²) in [6, 6.07) is 11.0. The first kappa shape index (κ1) is 14.0. The second-order valence-corrected chi connectivity index (χ2v) is 6.00. The molecule has 5 heteroatoms. The third-order valence-corrected chi connectivity index (χ3v) is 4.43. The Labute approximate surface area is 125 Å². The summed E-state index contributed by atoms with van der Waals surface area (Å²) < 4.78 is 0.